The first kappa shape index (κ1) is 15.5. The number of piperidine rings is 1. The average Bonchev–Trinajstić information content (AvgIpc) is 2.49. The van der Waals surface area contributed by atoms with E-state index in [1.165, 1.54) is 70.4 Å². The van der Waals surface area contributed by atoms with E-state index in [1.807, 2.05) is 0 Å². The zero-order valence-electron chi connectivity index (χ0n) is 13.0. The Hall–Kier alpha value is -0.860. The molecule has 1 aromatic rings. The van der Waals surface area contributed by atoms with E-state index in [1.54, 1.807) is 0 Å². The molecule has 2 nitrogen and oxygen atoms in total. The average molecular weight is 274 g/mol. The minimum atomic E-state index is 0.868. The first-order valence-electron chi connectivity index (χ1n) is 8.35. The lowest BCUT2D eigenvalue weighted by molar-refractivity contribution is 0.206. The predicted molar refractivity (Wildman–Crippen MR) is 87.1 cm³/mol. The van der Waals surface area contributed by atoms with Gasteiger partial charge in [-0.1, -0.05) is 37.3 Å². The minimum Gasteiger partial charge on any atom is -0.316 e. The van der Waals surface area contributed by atoms with E-state index in [-0.39, 0.29) is 0 Å². The van der Waals surface area contributed by atoms with Gasteiger partial charge in [0, 0.05) is 6.54 Å². The molecule has 2 heteroatoms. The summed E-state index contributed by atoms with van der Waals surface area (Å²) >= 11 is 0. The molecule has 112 valence electrons. The largest absolute Gasteiger partial charge is 0.316 e. The second-order valence-corrected chi connectivity index (χ2v) is 6.10. The van der Waals surface area contributed by atoms with Gasteiger partial charge in [-0.05, 0) is 69.8 Å². The third-order valence-electron chi connectivity index (χ3n) is 4.24. The van der Waals surface area contributed by atoms with Crippen molar-refractivity contribution in [2.75, 3.05) is 32.7 Å². The highest BCUT2D eigenvalue weighted by Gasteiger charge is 2.16. The summed E-state index contributed by atoms with van der Waals surface area (Å²) < 4.78 is 0. The summed E-state index contributed by atoms with van der Waals surface area (Å²) in [6, 6.07) is 10.9. The number of nitrogens with one attached hydrogen (secondary N) is 1. The van der Waals surface area contributed by atoms with Crippen molar-refractivity contribution >= 4 is 0 Å². The van der Waals surface area contributed by atoms with Gasteiger partial charge in [-0.2, -0.15) is 0 Å². The Balaban J connectivity index is 1.71. The molecule has 2 rings (SSSR count). The Morgan fingerprint density at radius 2 is 2.05 bits per heavy atom. The van der Waals surface area contributed by atoms with Gasteiger partial charge < -0.3 is 10.2 Å². The molecule has 1 heterocycles. The SMILES string of the molecule is CCCN(CCCc1ccccc1)CC1CCCNC1. The van der Waals surface area contributed by atoms with Crippen molar-refractivity contribution in [1.82, 2.24) is 10.2 Å². The summed E-state index contributed by atoms with van der Waals surface area (Å²) in [6.07, 6.45) is 6.53. The number of hydrogen-bond acceptors (Lipinski definition) is 2. The molecular formula is C18H30N2. The Bertz CT molecular complexity index is 344. The second kappa shape index (κ2) is 9.15. The number of aryl methyl sites for hydroxylation is 1. The fourth-order valence-electron chi connectivity index (χ4n) is 3.21. The van der Waals surface area contributed by atoms with E-state index in [0.717, 1.165) is 5.92 Å². The monoisotopic (exact) mass is 274 g/mol. The number of rotatable bonds is 8. The quantitative estimate of drug-likeness (QED) is 0.782. The van der Waals surface area contributed by atoms with Crippen LogP contribution in [0.3, 0.4) is 0 Å². The van der Waals surface area contributed by atoms with Crippen molar-refractivity contribution in [2.24, 2.45) is 5.92 Å². The number of benzene rings is 1. The molecule has 1 atom stereocenters. The van der Waals surface area contributed by atoms with Crippen molar-refractivity contribution in [3.05, 3.63) is 35.9 Å². The smallest absolute Gasteiger partial charge is 0.00218 e. The summed E-state index contributed by atoms with van der Waals surface area (Å²) in [7, 11) is 0. The van der Waals surface area contributed by atoms with Crippen LogP contribution in [0.5, 0.6) is 0 Å². The molecule has 0 aromatic heterocycles. The molecule has 0 amide bonds. The summed E-state index contributed by atoms with van der Waals surface area (Å²) in [5, 5.41) is 3.54. The van der Waals surface area contributed by atoms with E-state index >= 15 is 0 Å². The fraction of sp³-hybridized carbons (Fsp3) is 0.667. The molecule has 0 spiro atoms. The van der Waals surface area contributed by atoms with Crippen LogP contribution in [0.25, 0.3) is 0 Å². The van der Waals surface area contributed by atoms with Crippen molar-refractivity contribution in [3.63, 3.8) is 0 Å². The maximum Gasteiger partial charge on any atom is 0.00218 e. The highest BCUT2D eigenvalue weighted by Crippen LogP contribution is 2.13. The maximum atomic E-state index is 3.54. The maximum absolute atomic E-state index is 3.54. The first-order chi connectivity index (χ1) is 9.88. The van der Waals surface area contributed by atoms with Gasteiger partial charge in [-0.3, -0.25) is 0 Å². The van der Waals surface area contributed by atoms with E-state index in [2.05, 4.69) is 47.5 Å². The van der Waals surface area contributed by atoms with Crippen molar-refractivity contribution < 1.29 is 0 Å². The highest BCUT2D eigenvalue weighted by atomic mass is 15.1. The van der Waals surface area contributed by atoms with Gasteiger partial charge in [0.15, 0.2) is 0 Å². The van der Waals surface area contributed by atoms with Crippen LogP contribution in [0.15, 0.2) is 30.3 Å². The molecule has 1 N–H and O–H groups in total. The third kappa shape index (κ3) is 5.64. The van der Waals surface area contributed by atoms with Crippen molar-refractivity contribution in [1.29, 1.82) is 0 Å². The van der Waals surface area contributed by atoms with Crippen molar-refractivity contribution in [3.8, 4) is 0 Å². The predicted octanol–water partition coefficient (Wildman–Crippen LogP) is 3.33. The lowest BCUT2D eigenvalue weighted by Gasteiger charge is -2.30. The number of hydrogen-bond donors (Lipinski definition) is 1. The zero-order valence-corrected chi connectivity index (χ0v) is 13.0. The molecule has 1 aliphatic rings. The van der Waals surface area contributed by atoms with Gasteiger partial charge in [-0.15, -0.1) is 0 Å². The summed E-state index contributed by atoms with van der Waals surface area (Å²) in [4.78, 5) is 2.68. The fourth-order valence-corrected chi connectivity index (χ4v) is 3.21. The van der Waals surface area contributed by atoms with E-state index in [0.29, 0.717) is 0 Å². The topological polar surface area (TPSA) is 15.3 Å². The van der Waals surface area contributed by atoms with Crippen LogP contribution in [0.1, 0.15) is 38.2 Å². The van der Waals surface area contributed by atoms with Gasteiger partial charge in [-0.25, -0.2) is 0 Å². The van der Waals surface area contributed by atoms with Crippen LogP contribution in [-0.2, 0) is 6.42 Å². The van der Waals surface area contributed by atoms with Gasteiger partial charge in [0.05, 0.1) is 0 Å². The molecule has 1 fully saturated rings. The molecular weight excluding hydrogens is 244 g/mol. The van der Waals surface area contributed by atoms with Crippen LogP contribution in [0, 0.1) is 5.92 Å². The highest BCUT2D eigenvalue weighted by molar-refractivity contribution is 5.14. The van der Waals surface area contributed by atoms with E-state index in [9.17, 15) is 0 Å². The lowest BCUT2D eigenvalue weighted by atomic mass is 9.99. The summed E-state index contributed by atoms with van der Waals surface area (Å²) in [5.41, 5.74) is 1.48. The molecule has 1 saturated heterocycles. The molecule has 0 radical (unpaired) electrons. The molecule has 1 unspecified atom stereocenters. The normalized spacial score (nSPS) is 19.4. The van der Waals surface area contributed by atoms with E-state index in [4.69, 9.17) is 0 Å². The molecule has 0 bridgehead atoms. The van der Waals surface area contributed by atoms with Crippen LogP contribution >= 0.6 is 0 Å². The van der Waals surface area contributed by atoms with Crippen LogP contribution < -0.4 is 5.32 Å². The Morgan fingerprint density at radius 1 is 1.20 bits per heavy atom. The van der Waals surface area contributed by atoms with Crippen LogP contribution in [0.2, 0.25) is 0 Å². The van der Waals surface area contributed by atoms with Crippen LogP contribution in [-0.4, -0.2) is 37.6 Å². The number of nitrogens with zero attached hydrogens (tertiary/aromatic N) is 1. The molecule has 0 saturated carbocycles. The van der Waals surface area contributed by atoms with Gasteiger partial charge in [0.2, 0.25) is 0 Å². The summed E-state index contributed by atoms with van der Waals surface area (Å²) in [6.45, 7) is 8.53. The second-order valence-electron chi connectivity index (χ2n) is 6.10. The Kier molecular flexibility index (Phi) is 7.10. The lowest BCUT2D eigenvalue weighted by Crippen LogP contribution is -2.39. The molecule has 20 heavy (non-hydrogen) atoms. The van der Waals surface area contributed by atoms with Crippen LogP contribution in [0.4, 0.5) is 0 Å². The van der Waals surface area contributed by atoms with Gasteiger partial charge in [0.1, 0.15) is 0 Å². The Morgan fingerprint density at radius 3 is 2.75 bits per heavy atom. The molecule has 1 aliphatic heterocycles. The standard InChI is InChI=1S/C18H30N2/c1-2-13-20(16-18-10-6-12-19-15-18)14-7-11-17-8-4-3-5-9-17/h3-5,8-9,18-19H,2,6-7,10-16H2,1H3. The first-order valence-corrected chi connectivity index (χ1v) is 8.35. The van der Waals surface area contributed by atoms with Gasteiger partial charge >= 0.3 is 0 Å². The molecule has 1 aromatic carbocycles. The van der Waals surface area contributed by atoms with Gasteiger partial charge in [0.25, 0.3) is 0 Å². The minimum absolute atomic E-state index is 0.868. The summed E-state index contributed by atoms with van der Waals surface area (Å²) in [5.74, 6) is 0.868. The van der Waals surface area contributed by atoms with Crippen molar-refractivity contribution in [2.45, 2.75) is 39.0 Å². The third-order valence-corrected chi connectivity index (χ3v) is 4.24. The Labute approximate surface area is 124 Å². The zero-order chi connectivity index (χ0) is 14.0. The van der Waals surface area contributed by atoms with E-state index < -0.39 is 0 Å². The molecule has 0 aliphatic carbocycles.